The molecule has 3 heterocycles. The minimum atomic E-state index is 0.256. The number of likely N-dealkylation sites (N-methyl/N-ethyl adjacent to an activating group) is 1. The summed E-state index contributed by atoms with van der Waals surface area (Å²) in [5.41, 5.74) is 3.51. The number of nitrogens with zero attached hydrogens (tertiary/aromatic N) is 4. The van der Waals surface area contributed by atoms with Crippen LogP contribution < -0.4 is 4.90 Å². The fourth-order valence-corrected chi connectivity index (χ4v) is 4.40. The molecule has 0 aliphatic carbocycles. The zero-order valence-corrected chi connectivity index (χ0v) is 16.4. The van der Waals surface area contributed by atoms with Gasteiger partial charge in [-0.15, -0.1) is 10.2 Å². The van der Waals surface area contributed by atoms with E-state index in [1.165, 1.54) is 0 Å². The topological polar surface area (TPSA) is 61.7 Å². The fourth-order valence-electron chi connectivity index (χ4n) is 4.40. The number of ether oxygens (including phenoxy) is 1. The second kappa shape index (κ2) is 7.44. The summed E-state index contributed by atoms with van der Waals surface area (Å²) in [6.07, 6.45) is 1.34. The highest BCUT2D eigenvalue weighted by atomic mass is 16.5. The van der Waals surface area contributed by atoms with E-state index in [0.717, 1.165) is 61.7 Å². The molecule has 0 bridgehead atoms. The van der Waals surface area contributed by atoms with Crippen LogP contribution >= 0.6 is 0 Å². The zero-order valence-electron chi connectivity index (χ0n) is 16.4. The Hall–Kier alpha value is -2.18. The number of hydrogen-bond donors (Lipinski definition) is 1. The lowest BCUT2D eigenvalue weighted by Crippen LogP contribution is -2.60. The maximum atomic E-state index is 10.4. The normalized spacial score (nSPS) is 23.3. The van der Waals surface area contributed by atoms with Gasteiger partial charge in [0.1, 0.15) is 5.75 Å². The molecule has 6 heteroatoms. The summed E-state index contributed by atoms with van der Waals surface area (Å²) in [4.78, 5) is 4.81. The molecule has 2 aliphatic heterocycles. The lowest BCUT2D eigenvalue weighted by Gasteiger charge is -2.47. The largest absolute Gasteiger partial charge is 0.507 e. The van der Waals surface area contributed by atoms with E-state index in [0.29, 0.717) is 11.7 Å². The van der Waals surface area contributed by atoms with E-state index >= 15 is 0 Å². The van der Waals surface area contributed by atoms with Crippen LogP contribution in [0.4, 0.5) is 5.82 Å². The SMILES string of the molecule is CCN1CCC2OCCN(c3ccc(-c4c(C)cc(C)cc4O)nn3)C2C1. The third-order valence-corrected chi connectivity index (χ3v) is 5.78. The highest BCUT2D eigenvalue weighted by molar-refractivity contribution is 5.71. The first-order chi connectivity index (χ1) is 13.1. The average molecular weight is 368 g/mol. The van der Waals surface area contributed by atoms with Gasteiger partial charge in [0, 0.05) is 25.2 Å². The molecule has 2 atom stereocenters. The van der Waals surface area contributed by atoms with E-state index in [2.05, 4.69) is 33.0 Å². The van der Waals surface area contributed by atoms with Gasteiger partial charge in [0.05, 0.1) is 24.4 Å². The zero-order chi connectivity index (χ0) is 19.0. The number of aromatic nitrogens is 2. The maximum absolute atomic E-state index is 10.4. The van der Waals surface area contributed by atoms with E-state index in [4.69, 9.17) is 4.74 Å². The lowest BCUT2D eigenvalue weighted by molar-refractivity contribution is -0.0282. The van der Waals surface area contributed by atoms with Crippen molar-refractivity contribution in [2.75, 3.05) is 37.7 Å². The predicted octanol–water partition coefficient (Wildman–Crippen LogP) is 2.77. The van der Waals surface area contributed by atoms with Crippen molar-refractivity contribution < 1.29 is 9.84 Å². The van der Waals surface area contributed by atoms with E-state index in [1.54, 1.807) is 6.07 Å². The number of phenolic OH excluding ortho intramolecular Hbond substituents is 1. The van der Waals surface area contributed by atoms with E-state index < -0.39 is 0 Å². The van der Waals surface area contributed by atoms with Gasteiger partial charge in [0.15, 0.2) is 5.82 Å². The fraction of sp³-hybridized carbons (Fsp3) is 0.524. The van der Waals surface area contributed by atoms with Crippen molar-refractivity contribution in [3.05, 3.63) is 35.4 Å². The summed E-state index contributed by atoms with van der Waals surface area (Å²) >= 11 is 0. The van der Waals surface area contributed by atoms with Gasteiger partial charge in [0.2, 0.25) is 0 Å². The third kappa shape index (κ3) is 3.51. The molecule has 0 amide bonds. The summed E-state index contributed by atoms with van der Waals surface area (Å²) in [7, 11) is 0. The number of rotatable bonds is 3. The highest BCUT2D eigenvalue weighted by Gasteiger charge is 2.37. The standard InChI is InChI=1S/C21H28N4O2/c1-4-24-8-7-19-17(13-24)25(9-10-27-19)20-6-5-16(22-23-20)21-15(3)11-14(2)12-18(21)26/h5-6,11-12,17,19,26H,4,7-10,13H2,1-3H3. The van der Waals surface area contributed by atoms with Crippen LogP contribution in [0.1, 0.15) is 24.5 Å². The Morgan fingerprint density at radius 2 is 2.04 bits per heavy atom. The molecule has 1 aromatic carbocycles. The van der Waals surface area contributed by atoms with Crippen LogP contribution in [0.5, 0.6) is 5.75 Å². The summed E-state index contributed by atoms with van der Waals surface area (Å²) in [6.45, 7) is 10.9. The van der Waals surface area contributed by atoms with Crippen molar-refractivity contribution in [2.24, 2.45) is 0 Å². The van der Waals surface area contributed by atoms with Gasteiger partial charge in [-0.1, -0.05) is 13.0 Å². The van der Waals surface area contributed by atoms with Gasteiger partial charge in [-0.2, -0.15) is 0 Å². The molecule has 144 valence electrons. The number of piperidine rings is 1. The molecule has 1 N–H and O–H groups in total. The molecule has 0 spiro atoms. The molecule has 2 aromatic rings. The van der Waals surface area contributed by atoms with Gasteiger partial charge < -0.3 is 19.6 Å². The number of benzene rings is 1. The molecular formula is C21H28N4O2. The van der Waals surface area contributed by atoms with Crippen molar-refractivity contribution in [1.29, 1.82) is 0 Å². The molecule has 2 fully saturated rings. The van der Waals surface area contributed by atoms with Crippen LogP contribution in [0.15, 0.2) is 24.3 Å². The van der Waals surface area contributed by atoms with Gasteiger partial charge >= 0.3 is 0 Å². The molecule has 1 aromatic heterocycles. The Morgan fingerprint density at radius 1 is 1.19 bits per heavy atom. The Labute approximate surface area is 160 Å². The van der Waals surface area contributed by atoms with Crippen molar-refractivity contribution in [3.63, 3.8) is 0 Å². The van der Waals surface area contributed by atoms with Crippen molar-refractivity contribution in [3.8, 4) is 17.0 Å². The number of phenols is 1. The van der Waals surface area contributed by atoms with Crippen LogP contribution in [0.3, 0.4) is 0 Å². The molecule has 2 unspecified atom stereocenters. The first kappa shape index (κ1) is 18.2. The molecule has 0 radical (unpaired) electrons. The van der Waals surface area contributed by atoms with Gasteiger partial charge in [-0.3, -0.25) is 0 Å². The Bertz CT molecular complexity index is 785. The smallest absolute Gasteiger partial charge is 0.151 e. The quantitative estimate of drug-likeness (QED) is 0.899. The minimum absolute atomic E-state index is 0.256. The van der Waals surface area contributed by atoms with Crippen LogP contribution in [0, 0.1) is 13.8 Å². The van der Waals surface area contributed by atoms with Crippen LogP contribution in [0.25, 0.3) is 11.3 Å². The van der Waals surface area contributed by atoms with E-state index in [-0.39, 0.29) is 11.9 Å². The molecule has 6 nitrogen and oxygen atoms in total. The molecule has 2 saturated heterocycles. The van der Waals surface area contributed by atoms with Crippen LogP contribution in [-0.4, -0.2) is 65.1 Å². The monoisotopic (exact) mass is 368 g/mol. The summed E-state index contributed by atoms with van der Waals surface area (Å²) < 4.78 is 6.01. The molecule has 27 heavy (non-hydrogen) atoms. The number of fused-ring (bicyclic) bond motifs is 1. The third-order valence-electron chi connectivity index (χ3n) is 5.78. The maximum Gasteiger partial charge on any atom is 0.151 e. The van der Waals surface area contributed by atoms with E-state index in [9.17, 15) is 5.11 Å². The lowest BCUT2D eigenvalue weighted by atomic mass is 9.98. The number of likely N-dealkylation sites (tertiary alicyclic amines) is 1. The number of morpholine rings is 1. The first-order valence-corrected chi connectivity index (χ1v) is 9.81. The molecular weight excluding hydrogens is 340 g/mol. The highest BCUT2D eigenvalue weighted by Crippen LogP contribution is 2.33. The Morgan fingerprint density at radius 3 is 2.74 bits per heavy atom. The summed E-state index contributed by atoms with van der Waals surface area (Å²) in [5, 5.41) is 19.3. The second-order valence-electron chi connectivity index (χ2n) is 7.60. The Kier molecular flexibility index (Phi) is 5.02. The molecule has 0 saturated carbocycles. The van der Waals surface area contributed by atoms with E-state index in [1.807, 2.05) is 26.0 Å². The number of aromatic hydroxyl groups is 1. The molecule has 4 rings (SSSR count). The van der Waals surface area contributed by atoms with Crippen LogP contribution in [0.2, 0.25) is 0 Å². The first-order valence-electron chi connectivity index (χ1n) is 9.81. The van der Waals surface area contributed by atoms with Crippen molar-refractivity contribution in [2.45, 2.75) is 39.3 Å². The minimum Gasteiger partial charge on any atom is -0.507 e. The number of aryl methyl sites for hydroxylation is 2. The van der Waals surface area contributed by atoms with Gasteiger partial charge in [0.25, 0.3) is 0 Å². The van der Waals surface area contributed by atoms with Gasteiger partial charge in [-0.25, -0.2) is 0 Å². The second-order valence-corrected chi connectivity index (χ2v) is 7.60. The predicted molar refractivity (Wildman–Crippen MR) is 106 cm³/mol. The summed E-state index contributed by atoms with van der Waals surface area (Å²) in [6, 6.07) is 8.13. The van der Waals surface area contributed by atoms with Crippen molar-refractivity contribution in [1.82, 2.24) is 15.1 Å². The molecule has 2 aliphatic rings. The number of hydrogen-bond acceptors (Lipinski definition) is 6. The summed E-state index contributed by atoms with van der Waals surface area (Å²) in [5.74, 6) is 1.14. The average Bonchev–Trinajstić information content (AvgIpc) is 2.67. The van der Waals surface area contributed by atoms with Crippen molar-refractivity contribution >= 4 is 5.82 Å². The number of anilines is 1. The van der Waals surface area contributed by atoms with Gasteiger partial charge in [-0.05, 0) is 56.1 Å². The Balaban J connectivity index is 1.60. The van der Waals surface area contributed by atoms with Crippen LogP contribution in [-0.2, 0) is 4.74 Å².